The minimum absolute atomic E-state index is 0.494. The molecule has 1 rings (SSSR count). The smallest absolute Gasteiger partial charge is 0.219 e. The Morgan fingerprint density at radius 3 is 2.67 bits per heavy atom. The van der Waals surface area contributed by atoms with E-state index >= 15 is 0 Å². The van der Waals surface area contributed by atoms with Crippen molar-refractivity contribution in [1.29, 1.82) is 0 Å². The molecule has 4 nitrogen and oxygen atoms in total. The van der Waals surface area contributed by atoms with E-state index in [4.69, 9.17) is 4.74 Å². The first-order valence-electron chi connectivity index (χ1n) is 6.80. The van der Waals surface area contributed by atoms with E-state index in [0.717, 1.165) is 30.6 Å². The largest absolute Gasteiger partial charge is 0.481 e. The molecule has 0 spiro atoms. The van der Waals surface area contributed by atoms with Crippen LogP contribution in [-0.2, 0) is 6.42 Å². The second-order valence-electron chi connectivity index (χ2n) is 4.60. The summed E-state index contributed by atoms with van der Waals surface area (Å²) in [4.78, 5) is 8.51. The Morgan fingerprint density at radius 2 is 2.06 bits per heavy atom. The predicted molar refractivity (Wildman–Crippen MR) is 74.0 cm³/mol. The SMILES string of the molecule is CCCNC(CCC)Cc1ncnc(OC)c1C. The molecule has 0 bridgehead atoms. The van der Waals surface area contributed by atoms with Crippen LogP contribution in [0.3, 0.4) is 0 Å². The molecule has 0 fully saturated rings. The summed E-state index contributed by atoms with van der Waals surface area (Å²) in [6.45, 7) is 7.49. The van der Waals surface area contributed by atoms with Crippen molar-refractivity contribution in [1.82, 2.24) is 15.3 Å². The summed E-state index contributed by atoms with van der Waals surface area (Å²) < 4.78 is 5.24. The molecule has 1 N–H and O–H groups in total. The number of ether oxygens (including phenoxy) is 1. The summed E-state index contributed by atoms with van der Waals surface area (Å²) in [5.41, 5.74) is 2.14. The van der Waals surface area contributed by atoms with Gasteiger partial charge in [0.2, 0.25) is 5.88 Å². The standard InChI is InChI=1S/C14H25N3O/c1-5-7-12(15-8-6-2)9-13-11(3)14(18-4)17-10-16-13/h10,12,15H,5-9H2,1-4H3. The van der Waals surface area contributed by atoms with Crippen molar-refractivity contribution >= 4 is 0 Å². The van der Waals surface area contributed by atoms with Gasteiger partial charge in [-0.2, -0.15) is 0 Å². The van der Waals surface area contributed by atoms with Crippen molar-refractivity contribution in [2.45, 2.75) is 52.5 Å². The number of hydrogen-bond donors (Lipinski definition) is 1. The van der Waals surface area contributed by atoms with Gasteiger partial charge in [-0.1, -0.05) is 20.3 Å². The Balaban J connectivity index is 2.73. The van der Waals surface area contributed by atoms with E-state index in [1.54, 1.807) is 13.4 Å². The molecule has 0 saturated carbocycles. The second kappa shape index (κ2) is 8.03. The molecular weight excluding hydrogens is 226 g/mol. The molecule has 0 aromatic carbocycles. The lowest BCUT2D eigenvalue weighted by Crippen LogP contribution is -2.32. The van der Waals surface area contributed by atoms with Gasteiger partial charge >= 0.3 is 0 Å². The number of methoxy groups -OCH3 is 1. The number of hydrogen-bond acceptors (Lipinski definition) is 4. The molecule has 1 unspecified atom stereocenters. The van der Waals surface area contributed by atoms with Crippen LogP contribution in [-0.4, -0.2) is 29.7 Å². The highest BCUT2D eigenvalue weighted by Gasteiger charge is 2.13. The zero-order valence-corrected chi connectivity index (χ0v) is 12.0. The minimum Gasteiger partial charge on any atom is -0.481 e. The number of nitrogens with zero attached hydrogens (tertiary/aromatic N) is 2. The van der Waals surface area contributed by atoms with E-state index in [1.165, 1.54) is 12.8 Å². The minimum atomic E-state index is 0.494. The van der Waals surface area contributed by atoms with Crippen LogP contribution in [0.1, 0.15) is 44.4 Å². The first-order chi connectivity index (χ1) is 8.72. The van der Waals surface area contributed by atoms with Gasteiger partial charge < -0.3 is 10.1 Å². The van der Waals surface area contributed by atoms with E-state index in [1.807, 2.05) is 6.92 Å². The van der Waals surface area contributed by atoms with Crippen molar-refractivity contribution in [2.24, 2.45) is 0 Å². The molecule has 1 heterocycles. The molecule has 0 radical (unpaired) electrons. The van der Waals surface area contributed by atoms with Gasteiger partial charge in [0.1, 0.15) is 6.33 Å². The van der Waals surface area contributed by atoms with E-state index in [2.05, 4.69) is 29.1 Å². The fourth-order valence-corrected chi connectivity index (χ4v) is 2.09. The third-order valence-electron chi connectivity index (χ3n) is 3.10. The lowest BCUT2D eigenvalue weighted by molar-refractivity contribution is 0.390. The molecule has 1 atom stereocenters. The average molecular weight is 251 g/mol. The zero-order chi connectivity index (χ0) is 13.4. The molecule has 1 aromatic rings. The van der Waals surface area contributed by atoms with Gasteiger partial charge in [-0.3, -0.25) is 0 Å². The molecule has 0 amide bonds. The van der Waals surface area contributed by atoms with Crippen LogP contribution in [0.25, 0.3) is 0 Å². The van der Waals surface area contributed by atoms with Crippen LogP contribution in [0.2, 0.25) is 0 Å². The van der Waals surface area contributed by atoms with Crippen molar-refractivity contribution in [2.75, 3.05) is 13.7 Å². The Labute approximate surface area is 110 Å². The van der Waals surface area contributed by atoms with Crippen LogP contribution in [0.4, 0.5) is 0 Å². The van der Waals surface area contributed by atoms with Gasteiger partial charge in [0.25, 0.3) is 0 Å². The second-order valence-corrected chi connectivity index (χ2v) is 4.60. The van der Waals surface area contributed by atoms with Gasteiger partial charge in [-0.25, -0.2) is 9.97 Å². The fraction of sp³-hybridized carbons (Fsp3) is 0.714. The highest BCUT2D eigenvalue weighted by atomic mass is 16.5. The van der Waals surface area contributed by atoms with Crippen LogP contribution >= 0.6 is 0 Å². The third kappa shape index (κ3) is 4.26. The summed E-state index contributed by atoms with van der Waals surface area (Å²) >= 11 is 0. The zero-order valence-electron chi connectivity index (χ0n) is 12.0. The first kappa shape index (κ1) is 14.9. The van der Waals surface area contributed by atoms with Crippen molar-refractivity contribution < 1.29 is 4.74 Å². The van der Waals surface area contributed by atoms with Crippen molar-refractivity contribution in [3.05, 3.63) is 17.6 Å². The van der Waals surface area contributed by atoms with E-state index in [9.17, 15) is 0 Å². The molecule has 0 saturated heterocycles. The Morgan fingerprint density at radius 1 is 1.28 bits per heavy atom. The van der Waals surface area contributed by atoms with Crippen molar-refractivity contribution in [3.63, 3.8) is 0 Å². The van der Waals surface area contributed by atoms with E-state index in [-0.39, 0.29) is 0 Å². The molecular formula is C14H25N3O. The van der Waals surface area contributed by atoms with Crippen LogP contribution in [0.15, 0.2) is 6.33 Å². The summed E-state index contributed by atoms with van der Waals surface area (Å²) in [5.74, 6) is 0.686. The van der Waals surface area contributed by atoms with Gasteiger partial charge in [-0.15, -0.1) is 0 Å². The maximum atomic E-state index is 5.24. The normalized spacial score (nSPS) is 12.4. The summed E-state index contributed by atoms with van der Waals surface area (Å²) in [6, 6.07) is 0.494. The molecule has 102 valence electrons. The van der Waals surface area contributed by atoms with E-state index < -0.39 is 0 Å². The quantitative estimate of drug-likeness (QED) is 0.771. The summed E-state index contributed by atoms with van der Waals surface area (Å²) in [6.07, 6.45) is 6.04. The highest BCUT2D eigenvalue weighted by molar-refractivity contribution is 5.28. The lowest BCUT2D eigenvalue weighted by atomic mass is 10.0. The molecule has 4 heteroatoms. The third-order valence-corrected chi connectivity index (χ3v) is 3.10. The van der Waals surface area contributed by atoms with Gasteiger partial charge in [0.15, 0.2) is 0 Å². The fourth-order valence-electron chi connectivity index (χ4n) is 2.09. The van der Waals surface area contributed by atoms with Crippen LogP contribution in [0, 0.1) is 6.92 Å². The molecule has 0 aliphatic heterocycles. The average Bonchev–Trinajstić information content (AvgIpc) is 2.38. The van der Waals surface area contributed by atoms with Crippen LogP contribution < -0.4 is 10.1 Å². The van der Waals surface area contributed by atoms with E-state index in [0.29, 0.717) is 11.9 Å². The van der Waals surface area contributed by atoms with Gasteiger partial charge in [0, 0.05) is 18.0 Å². The molecule has 0 aliphatic carbocycles. The molecule has 18 heavy (non-hydrogen) atoms. The Hall–Kier alpha value is -1.16. The molecule has 1 aromatic heterocycles. The lowest BCUT2D eigenvalue weighted by Gasteiger charge is -2.18. The predicted octanol–water partition coefficient (Wildman–Crippen LogP) is 2.50. The number of nitrogens with one attached hydrogen (secondary N) is 1. The number of rotatable bonds is 8. The maximum Gasteiger partial charge on any atom is 0.219 e. The Kier molecular flexibility index (Phi) is 6.65. The topological polar surface area (TPSA) is 47.0 Å². The van der Waals surface area contributed by atoms with Crippen LogP contribution in [0.5, 0.6) is 5.88 Å². The van der Waals surface area contributed by atoms with Crippen molar-refractivity contribution in [3.8, 4) is 5.88 Å². The maximum absolute atomic E-state index is 5.24. The summed E-state index contributed by atoms with van der Waals surface area (Å²) in [7, 11) is 1.65. The van der Waals surface area contributed by atoms with Gasteiger partial charge in [-0.05, 0) is 26.3 Å². The highest BCUT2D eigenvalue weighted by Crippen LogP contribution is 2.17. The first-order valence-corrected chi connectivity index (χ1v) is 6.80. The molecule has 0 aliphatic rings. The van der Waals surface area contributed by atoms with Gasteiger partial charge in [0.05, 0.1) is 12.8 Å². The summed E-state index contributed by atoms with van der Waals surface area (Å²) in [5, 5.41) is 3.58. The monoisotopic (exact) mass is 251 g/mol. The Bertz CT molecular complexity index is 355. The number of aromatic nitrogens is 2.